The fourth-order valence-corrected chi connectivity index (χ4v) is 3.95. The summed E-state index contributed by atoms with van der Waals surface area (Å²) in [6, 6.07) is 12.2. The lowest BCUT2D eigenvalue weighted by Gasteiger charge is -2.20. The molecule has 0 amide bonds. The molecule has 0 aromatic heterocycles. The Balaban J connectivity index is 2.18. The van der Waals surface area contributed by atoms with Gasteiger partial charge in [-0.1, -0.05) is 30.3 Å². The predicted molar refractivity (Wildman–Crippen MR) is 99.3 cm³/mol. The van der Waals surface area contributed by atoms with E-state index in [1.807, 2.05) is 25.1 Å². The van der Waals surface area contributed by atoms with Crippen molar-refractivity contribution in [2.45, 2.75) is 27.1 Å². The molecule has 0 aliphatic carbocycles. The summed E-state index contributed by atoms with van der Waals surface area (Å²) in [7, 11) is 1.67. The van der Waals surface area contributed by atoms with Gasteiger partial charge in [-0.3, -0.25) is 4.79 Å². The van der Waals surface area contributed by atoms with E-state index in [9.17, 15) is 4.79 Å². The zero-order valence-electron chi connectivity index (χ0n) is 14.7. The fourth-order valence-electron chi connectivity index (χ4n) is 3.95. The largest absolute Gasteiger partial charge is 0.496 e. The van der Waals surface area contributed by atoms with E-state index in [1.165, 1.54) is 5.56 Å². The minimum absolute atomic E-state index is 0.579. The first-order chi connectivity index (χ1) is 12.2. The lowest BCUT2D eigenvalue weighted by atomic mass is 9.84. The molecule has 1 heterocycles. The molecule has 126 valence electrons. The van der Waals surface area contributed by atoms with Gasteiger partial charge in [0.25, 0.3) is 0 Å². The number of benzene rings is 3. The van der Waals surface area contributed by atoms with Crippen LogP contribution in [0.3, 0.4) is 0 Å². The van der Waals surface area contributed by atoms with Crippen molar-refractivity contribution in [3.05, 3.63) is 64.2 Å². The smallest absolute Gasteiger partial charge is 0.150 e. The second kappa shape index (κ2) is 6.01. The Labute approximate surface area is 147 Å². The van der Waals surface area contributed by atoms with Crippen molar-refractivity contribution < 1.29 is 14.3 Å². The maximum Gasteiger partial charge on any atom is 0.150 e. The molecule has 3 aromatic carbocycles. The van der Waals surface area contributed by atoms with Crippen LogP contribution in [0.1, 0.15) is 32.6 Å². The van der Waals surface area contributed by atoms with Gasteiger partial charge in [0.05, 0.1) is 20.3 Å². The van der Waals surface area contributed by atoms with E-state index in [1.54, 1.807) is 7.11 Å². The summed E-state index contributed by atoms with van der Waals surface area (Å²) in [5.41, 5.74) is 7.16. The van der Waals surface area contributed by atoms with Gasteiger partial charge in [0.15, 0.2) is 6.29 Å². The first-order valence-corrected chi connectivity index (χ1v) is 8.41. The summed E-state index contributed by atoms with van der Waals surface area (Å²) in [5.74, 6) is 0.781. The average Bonchev–Trinajstić information content (AvgIpc) is 3.14. The van der Waals surface area contributed by atoms with Crippen LogP contribution in [0.4, 0.5) is 0 Å². The predicted octanol–water partition coefficient (Wildman–Crippen LogP) is 4.97. The molecule has 3 nitrogen and oxygen atoms in total. The van der Waals surface area contributed by atoms with E-state index in [0.717, 1.165) is 56.2 Å². The topological polar surface area (TPSA) is 35.5 Å². The van der Waals surface area contributed by atoms with E-state index in [4.69, 9.17) is 9.47 Å². The Kier molecular flexibility index (Phi) is 3.81. The minimum Gasteiger partial charge on any atom is -0.496 e. The Morgan fingerprint density at radius 3 is 2.40 bits per heavy atom. The van der Waals surface area contributed by atoms with Crippen LogP contribution in [0.2, 0.25) is 0 Å². The number of rotatable bonds is 3. The van der Waals surface area contributed by atoms with Gasteiger partial charge < -0.3 is 9.47 Å². The average molecular weight is 332 g/mol. The van der Waals surface area contributed by atoms with Crippen molar-refractivity contribution in [1.29, 1.82) is 0 Å². The molecule has 0 radical (unpaired) electrons. The monoisotopic (exact) mass is 332 g/mol. The van der Waals surface area contributed by atoms with Crippen molar-refractivity contribution in [3.8, 4) is 16.9 Å². The normalized spacial score (nSPS) is 13.1. The summed E-state index contributed by atoms with van der Waals surface area (Å²) in [6.07, 6.45) is 0.970. The highest BCUT2D eigenvalue weighted by molar-refractivity contribution is 6.05. The van der Waals surface area contributed by atoms with Gasteiger partial charge in [0, 0.05) is 16.7 Å². The number of methoxy groups -OCH3 is 1. The Bertz CT molecular complexity index is 1000. The first-order valence-electron chi connectivity index (χ1n) is 8.41. The molecule has 0 spiro atoms. The maximum atomic E-state index is 12.0. The number of hydrogen-bond acceptors (Lipinski definition) is 3. The summed E-state index contributed by atoms with van der Waals surface area (Å²) >= 11 is 0. The zero-order chi connectivity index (χ0) is 17.6. The number of hydrogen-bond donors (Lipinski definition) is 0. The van der Waals surface area contributed by atoms with Gasteiger partial charge in [-0.25, -0.2) is 0 Å². The molecule has 1 aliphatic rings. The van der Waals surface area contributed by atoms with Gasteiger partial charge in [-0.05, 0) is 52.9 Å². The van der Waals surface area contributed by atoms with Crippen molar-refractivity contribution in [2.75, 3.05) is 7.11 Å². The Morgan fingerprint density at radius 2 is 1.68 bits per heavy atom. The standard InChI is InChI=1S/C22H20O3/c1-13-17(10-23)21(14(2)19-12-25-11-18(13)19)22-16-7-5-4-6-15(16)8-9-20(22)24-3/h4-10H,11-12H2,1-3H3. The van der Waals surface area contributed by atoms with E-state index in [2.05, 4.69) is 25.1 Å². The molecule has 4 rings (SSSR count). The molecule has 0 saturated heterocycles. The van der Waals surface area contributed by atoms with Crippen LogP contribution in [0.5, 0.6) is 5.75 Å². The quantitative estimate of drug-likeness (QED) is 0.635. The second-order valence-corrected chi connectivity index (χ2v) is 6.47. The highest BCUT2D eigenvalue weighted by atomic mass is 16.5. The van der Waals surface area contributed by atoms with Crippen LogP contribution in [0.15, 0.2) is 36.4 Å². The molecule has 0 fully saturated rings. The van der Waals surface area contributed by atoms with Crippen LogP contribution >= 0.6 is 0 Å². The minimum atomic E-state index is 0.579. The molecule has 3 heteroatoms. The molecule has 25 heavy (non-hydrogen) atoms. The van der Waals surface area contributed by atoms with Crippen LogP contribution < -0.4 is 4.74 Å². The van der Waals surface area contributed by atoms with Crippen LogP contribution in [0.25, 0.3) is 21.9 Å². The van der Waals surface area contributed by atoms with Crippen molar-refractivity contribution in [1.82, 2.24) is 0 Å². The van der Waals surface area contributed by atoms with Gasteiger partial charge >= 0.3 is 0 Å². The summed E-state index contributed by atoms with van der Waals surface area (Å²) in [6.45, 7) is 5.27. The first kappa shape index (κ1) is 15.9. The molecule has 0 unspecified atom stereocenters. The second-order valence-electron chi connectivity index (χ2n) is 6.47. The van der Waals surface area contributed by atoms with E-state index in [-0.39, 0.29) is 0 Å². The molecule has 0 atom stereocenters. The van der Waals surface area contributed by atoms with Crippen LogP contribution in [0, 0.1) is 13.8 Å². The molecule has 0 saturated carbocycles. The lowest BCUT2D eigenvalue weighted by molar-refractivity contribution is 0.112. The van der Waals surface area contributed by atoms with Crippen LogP contribution in [-0.2, 0) is 18.0 Å². The number of carbonyl (C=O) groups is 1. The number of carbonyl (C=O) groups excluding carboxylic acids is 1. The lowest BCUT2D eigenvalue weighted by Crippen LogP contribution is -2.04. The van der Waals surface area contributed by atoms with Crippen molar-refractivity contribution in [2.24, 2.45) is 0 Å². The van der Waals surface area contributed by atoms with Crippen LogP contribution in [-0.4, -0.2) is 13.4 Å². The molecule has 0 bridgehead atoms. The highest BCUT2D eigenvalue weighted by Crippen LogP contribution is 2.44. The van der Waals surface area contributed by atoms with Crippen molar-refractivity contribution >= 4 is 17.1 Å². The van der Waals surface area contributed by atoms with Gasteiger partial charge in [-0.2, -0.15) is 0 Å². The third kappa shape index (κ3) is 2.27. The maximum absolute atomic E-state index is 12.0. The Morgan fingerprint density at radius 1 is 0.960 bits per heavy atom. The third-order valence-electron chi connectivity index (χ3n) is 5.29. The van der Waals surface area contributed by atoms with E-state index < -0.39 is 0 Å². The summed E-state index contributed by atoms with van der Waals surface area (Å²) in [5, 5.41) is 2.22. The van der Waals surface area contributed by atoms with Gasteiger partial charge in [-0.15, -0.1) is 0 Å². The van der Waals surface area contributed by atoms with Gasteiger partial charge in [0.1, 0.15) is 5.75 Å². The number of fused-ring (bicyclic) bond motifs is 2. The Hall–Kier alpha value is -2.65. The molecule has 1 aliphatic heterocycles. The SMILES string of the molecule is COc1ccc2ccccc2c1-c1c(C)c2c(c(C)c1C=O)COC2. The number of ether oxygens (including phenoxy) is 2. The third-order valence-corrected chi connectivity index (χ3v) is 5.29. The molecular formula is C22H20O3. The highest BCUT2D eigenvalue weighted by Gasteiger charge is 2.26. The van der Waals surface area contributed by atoms with E-state index >= 15 is 0 Å². The molecular weight excluding hydrogens is 312 g/mol. The van der Waals surface area contributed by atoms with E-state index in [0.29, 0.717) is 13.2 Å². The molecule has 0 N–H and O–H groups in total. The zero-order valence-corrected chi connectivity index (χ0v) is 14.7. The summed E-state index contributed by atoms with van der Waals surface area (Å²) in [4.78, 5) is 12.0. The molecule has 3 aromatic rings. The summed E-state index contributed by atoms with van der Waals surface area (Å²) < 4.78 is 11.3. The van der Waals surface area contributed by atoms with Gasteiger partial charge in [0.2, 0.25) is 0 Å². The number of aldehydes is 1. The fraction of sp³-hybridized carbons (Fsp3) is 0.227. The van der Waals surface area contributed by atoms with Crippen molar-refractivity contribution in [3.63, 3.8) is 0 Å².